The lowest BCUT2D eigenvalue weighted by Gasteiger charge is -2.19. The number of hydrogen-bond donors (Lipinski definition) is 1. The molecule has 0 aliphatic carbocycles. The molecule has 1 aromatic heterocycles. The van der Waals surface area contributed by atoms with Crippen molar-refractivity contribution in [3.05, 3.63) is 23.9 Å². The van der Waals surface area contributed by atoms with Crippen molar-refractivity contribution < 1.29 is 13.2 Å². The van der Waals surface area contributed by atoms with Gasteiger partial charge in [0, 0.05) is 26.3 Å². The molecule has 0 saturated carbocycles. The van der Waals surface area contributed by atoms with Crippen molar-refractivity contribution in [2.45, 2.75) is 20.0 Å². The maximum absolute atomic E-state index is 12.4. The Hall–Kier alpha value is -1.30. The molecule has 0 spiro atoms. The third-order valence-corrected chi connectivity index (χ3v) is 2.64. The van der Waals surface area contributed by atoms with Gasteiger partial charge in [0.1, 0.15) is 5.82 Å². The fourth-order valence-corrected chi connectivity index (χ4v) is 1.53. The van der Waals surface area contributed by atoms with Gasteiger partial charge in [0.2, 0.25) is 0 Å². The topological polar surface area (TPSA) is 28.2 Å². The minimum absolute atomic E-state index is 0.541. The van der Waals surface area contributed by atoms with E-state index in [9.17, 15) is 13.2 Å². The Morgan fingerprint density at radius 1 is 1.32 bits per heavy atom. The van der Waals surface area contributed by atoms with Crippen LogP contribution in [0, 0.1) is 5.92 Å². The van der Waals surface area contributed by atoms with E-state index in [1.54, 1.807) is 0 Å². The zero-order chi connectivity index (χ0) is 14.5. The second kappa shape index (κ2) is 6.75. The Kier molecular flexibility index (Phi) is 5.60. The number of aromatic nitrogens is 1. The van der Waals surface area contributed by atoms with Crippen molar-refractivity contribution in [2.75, 3.05) is 31.6 Å². The van der Waals surface area contributed by atoms with Gasteiger partial charge < -0.3 is 10.2 Å². The van der Waals surface area contributed by atoms with Gasteiger partial charge in [-0.2, -0.15) is 13.2 Å². The molecule has 1 heterocycles. The van der Waals surface area contributed by atoms with Gasteiger partial charge >= 0.3 is 6.18 Å². The monoisotopic (exact) mass is 275 g/mol. The summed E-state index contributed by atoms with van der Waals surface area (Å²) in [6, 6.07) is 2.45. The number of halogens is 3. The molecule has 0 unspecified atom stereocenters. The standard InChI is InChI=1S/C13H20F3N3/c1-10(2)8-17-6-7-19(3)12-5-4-11(9-18-12)13(14,15)16/h4-5,9-10,17H,6-8H2,1-3H3. The first-order valence-electron chi connectivity index (χ1n) is 6.26. The molecule has 1 rings (SSSR count). The van der Waals surface area contributed by atoms with Gasteiger partial charge in [-0.3, -0.25) is 0 Å². The summed E-state index contributed by atoms with van der Waals surface area (Å²) in [6.45, 7) is 6.64. The third-order valence-electron chi connectivity index (χ3n) is 2.64. The van der Waals surface area contributed by atoms with Gasteiger partial charge in [0.15, 0.2) is 0 Å². The SMILES string of the molecule is CC(C)CNCCN(C)c1ccc(C(F)(F)F)cn1. The van der Waals surface area contributed by atoms with E-state index in [4.69, 9.17) is 0 Å². The lowest BCUT2D eigenvalue weighted by atomic mass is 10.2. The minimum atomic E-state index is -4.33. The van der Waals surface area contributed by atoms with Crippen molar-refractivity contribution in [3.8, 4) is 0 Å². The first kappa shape index (κ1) is 15.8. The van der Waals surface area contributed by atoms with Crippen LogP contribution in [0.1, 0.15) is 19.4 Å². The Balaban J connectivity index is 2.47. The van der Waals surface area contributed by atoms with Crippen molar-refractivity contribution in [1.82, 2.24) is 10.3 Å². The summed E-state index contributed by atoms with van der Waals surface area (Å²) in [6.07, 6.45) is -3.46. The Morgan fingerprint density at radius 2 is 2.00 bits per heavy atom. The van der Waals surface area contributed by atoms with E-state index in [0.717, 1.165) is 25.4 Å². The Bertz CT molecular complexity index is 374. The molecule has 0 aliphatic rings. The molecule has 3 nitrogen and oxygen atoms in total. The predicted molar refractivity (Wildman–Crippen MR) is 70.2 cm³/mol. The Labute approximate surface area is 111 Å². The van der Waals surface area contributed by atoms with E-state index in [1.165, 1.54) is 6.07 Å². The molecule has 0 saturated heterocycles. The fourth-order valence-electron chi connectivity index (χ4n) is 1.53. The maximum Gasteiger partial charge on any atom is 0.417 e. The molecular weight excluding hydrogens is 255 g/mol. The molecule has 0 fully saturated rings. The molecule has 0 aliphatic heterocycles. The minimum Gasteiger partial charge on any atom is -0.358 e. The van der Waals surface area contributed by atoms with Crippen LogP contribution in [0.2, 0.25) is 0 Å². The molecule has 0 bridgehead atoms. The molecule has 6 heteroatoms. The lowest BCUT2D eigenvalue weighted by Crippen LogP contribution is -2.31. The average Bonchev–Trinajstić information content (AvgIpc) is 2.33. The van der Waals surface area contributed by atoms with Crippen LogP contribution < -0.4 is 10.2 Å². The maximum atomic E-state index is 12.4. The average molecular weight is 275 g/mol. The van der Waals surface area contributed by atoms with Crippen molar-refractivity contribution in [1.29, 1.82) is 0 Å². The van der Waals surface area contributed by atoms with Crippen molar-refractivity contribution >= 4 is 5.82 Å². The normalized spacial score (nSPS) is 11.9. The number of nitrogens with one attached hydrogen (secondary N) is 1. The molecule has 108 valence electrons. The van der Waals surface area contributed by atoms with Gasteiger partial charge in [0.05, 0.1) is 5.56 Å². The number of anilines is 1. The Morgan fingerprint density at radius 3 is 2.47 bits per heavy atom. The van der Waals surface area contributed by atoms with E-state index < -0.39 is 11.7 Å². The summed E-state index contributed by atoms with van der Waals surface area (Å²) in [7, 11) is 1.81. The number of pyridine rings is 1. The summed E-state index contributed by atoms with van der Waals surface area (Å²) < 4.78 is 37.1. The van der Waals surface area contributed by atoms with Crippen LogP contribution in [0.3, 0.4) is 0 Å². The first-order chi connectivity index (χ1) is 8.80. The third kappa shape index (κ3) is 5.46. The predicted octanol–water partition coefficient (Wildman–Crippen LogP) is 2.78. The molecule has 0 aromatic carbocycles. The van der Waals surface area contributed by atoms with E-state index in [-0.39, 0.29) is 0 Å². The molecule has 1 aromatic rings. The number of nitrogens with zero attached hydrogens (tertiary/aromatic N) is 2. The summed E-state index contributed by atoms with van der Waals surface area (Å²) in [5.74, 6) is 1.12. The number of rotatable bonds is 6. The molecule has 19 heavy (non-hydrogen) atoms. The van der Waals surface area contributed by atoms with E-state index in [0.29, 0.717) is 18.3 Å². The van der Waals surface area contributed by atoms with Gasteiger partial charge in [0.25, 0.3) is 0 Å². The van der Waals surface area contributed by atoms with Crippen molar-refractivity contribution in [2.24, 2.45) is 5.92 Å². The van der Waals surface area contributed by atoms with Gasteiger partial charge in [-0.1, -0.05) is 13.8 Å². The fraction of sp³-hybridized carbons (Fsp3) is 0.615. The second-order valence-corrected chi connectivity index (χ2v) is 4.92. The zero-order valence-corrected chi connectivity index (χ0v) is 11.5. The number of hydrogen-bond acceptors (Lipinski definition) is 3. The summed E-state index contributed by atoms with van der Waals surface area (Å²) in [4.78, 5) is 5.66. The van der Waals surface area contributed by atoms with Crippen LogP contribution in [0.25, 0.3) is 0 Å². The van der Waals surface area contributed by atoms with Crippen molar-refractivity contribution in [3.63, 3.8) is 0 Å². The highest BCUT2D eigenvalue weighted by Gasteiger charge is 2.30. The van der Waals surface area contributed by atoms with Gasteiger partial charge in [-0.05, 0) is 24.6 Å². The summed E-state index contributed by atoms with van der Waals surface area (Å²) >= 11 is 0. The van der Waals surface area contributed by atoms with Crippen LogP contribution in [0.4, 0.5) is 19.0 Å². The molecular formula is C13H20F3N3. The highest BCUT2D eigenvalue weighted by atomic mass is 19.4. The van der Waals surface area contributed by atoms with Gasteiger partial charge in [-0.15, -0.1) is 0 Å². The highest BCUT2D eigenvalue weighted by molar-refractivity contribution is 5.38. The van der Waals surface area contributed by atoms with Crippen LogP contribution in [0.15, 0.2) is 18.3 Å². The highest BCUT2D eigenvalue weighted by Crippen LogP contribution is 2.29. The van der Waals surface area contributed by atoms with E-state index >= 15 is 0 Å². The smallest absolute Gasteiger partial charge is 0.358 e. The largest absolute Gasteiger partial charge is 0.417 e. The van der Waals surface area contributed by atoms with E-state index in [1.807, 2.05) is 11.9 Å². The molecule has 0 amide bonds. The van der Waals surface area contributed by atoms with Crippen LogP contribution in [-0.2, 0) is 6.18 Å². The number of alkyl halides is 3. The zero-order valence-electron chi connectivity index (χ0n) is 11.5. The van der Waals surface area contributed by atoms with E-state index in [2.05, 4.69) is 24.1 Å². The molecule has 0 radical (unpaired) electrons. The quantitative estimate of drug-likeness (QED) is 0.809. The number of likely N-dealkylation sites (N-methyl/N-ethyl adjacent to an activating group) is 1. The first-order valence-corrected chi connectivity index (χ1v) is 6.26. The van der Waals surface area contributed by atoms with Gasteiger partial charge in [-0.25, -0.2) is 4.98 Å². The summed E-state index contributed by atoms with van der Waals surface area (Å²) in [5.41, 5.74) is -0.720. The van der Waals surface area contributed by atoms with Crippen LogP contribution >= 0.6 is 0 Å². The van der Waals surface area contributed by atoms with Crippen LogP contribution in [0.5, 0.6) is 0 Å². The molecule has 0 atom stereocenters. The summed E-state index contributed by atoms with van der Waals surface area (Å²) in [5, 5.41) is 3.27. The second-order valence-electron chi connectivity index (χ2n) is 4.92. The molecule has 1 N–H and O–H groups in total. The lowest BCUT2D eigenvalue weighted by molar-refractivity contribution is -0.137. The van der Waals surface area contributed by atoms with Crippen LogP contribution in [-0.4, -0.2) is 31.7 Å².